The third-order valence-corrected chi connectivity index (χ3v) is 4.10. The van der Waals surface area contributed by atoms with Crippen molar-refractivity contribution < 1.29 is 14.3 Å². The molecule has 0 unspecified atom stereocenters. The van der Waals surface area contributed by atoms with Crippen LogP contribution < -0.4 is 30.7 Å². The van der Waals surface area contributed by atoms with Gasteiger partial charge in [0.25, 0.3) is 0 Å². The Labute approximate surface area is 173 Å². The molecule has 1 aromatic carbocycles. The highest BCUT2D eigenvalue weighted by molar-refractivity contribution is 5.89. The minimum Gasteiger partial charge on any atom is -0.486 e. The summed E-state index contributed by atoms with van der Waals surface area (Å²) in [5.74, 6) is 3.25. The molecule has 1 aliphatic heterocycles. The predicted molar refractivity (Wildman–Crippen MR) is 112 cm³/mol. The molecule has 10 heteroatoms. The molecule has 0 saturated carbocycles. The fourth-order valence-electron chi connectivity index (χ4n) is 2.75. The van der Waals surface area contributed by atoms with E-state index in [-0.39, 0.29) is 6.03 Å². The highest BCUT2D eigenvalue weighted by Crippen LogP contribution is 2.32. The lowest BCUT2D eigenvalue weighted by Gasteiger charge is -2.19. The Balaban J connectivity index is 1.21. The maximum atomic E-state index is 12.1. The van der Waals surface area contributed by atoms with E-state index in [4.69, 9.17) is 9.47 Å². The number of ether oxygens (including phenoxy) is 2. The standard InChI is InChI=1S/C20H21N7O3/c28-20(26-14-4-5-15-16(11-14)30-10-9-29-15)23-8-7-22-18-12-19(25-13-24-18)27-17-3-1-2-6-21-17/h1-6,11-13H,7-10H2,(H2,23,26,28)(H2,21,22,24,25,27). The second kappa shape index (κ2) is 9.41. The molecule has 2 amide bonds. The number of nitrogens with zero attached hydrogens (tertiary/aromatic N) is 3. The van der Waals surface area contributed by atoms with Gasteiger partial charge in [-0.1, -0.05) is 6.07 Å². The Morgan fingerprint density at radius 2 is 1.77 bits per heavy atom. The summed E-state index contributed by atoms with van der Waals surface area (Å²) in [6.07, 6.45) is 3.15. The van der Waals surface area contributed by atoms with Crippen LogP contribution in [0.2, 0.25) is 0 Å². The van der Waals surface area contributed by atoms with E-state index in [2.05, 4.69) is 36.2 Å². The minimum atomic E-state index is -0.311. The summed E-state index contributed by atoms with van der Waals surface area (Å²) in [4.78, 5) is 24.6. The number of aromatic nitrogens is 3. The van der Waals surface area contributed by atoms with E-state index in [1.807, 2.05) is 18.2 Å². The number of rotatable bonds is 7. The molecule has 4 rings (SSSR count). The minimum absolute atomic E-state index is 0.311. The van der Waals surface area contributed by atoms with Gasteiger partial charge in [-0.15, -0.1) is 0 Å². The summed E-state index contributed by atoms with van der Waals surface area (Å²) in [5.41, 5.74) is 0.630. The van der Waals surface area contributed by atoms with E-state index in [9.17, 15) is 4.79 Å². The lowest BCUT2D eigenvalue weighted by atomic mass is 10.2. The monoisotopic (exact) mass is 407 g/mol. The van der Waals surface area contributed by atoms with Crippen molar-refractivity contribution in [2.75, 3.05) is 42.3 Å². The quantitative estimate of drug-likeness (QED) is 0.441. The van der Waals surface area contributed by atoms with Crippen LogP contribution >= 0.6 is 0 Å². The molecule has 154 valence electrons. The van der Waals surface area contributed by atoms with Crippen LogP contribution in [0.5, 0.6) is 11.5 Å². The normalized spacial score (nSPS) is 12.0. The van der Waals surface area contributed by atoms with Crippen molar-refractivity contribution in [3.05, 3.63) is 55.0 Å². The molecule has 0 spiro atoms. The second-order valence-corrected chi connectivity index (χ2v) is 6.29. The van der Waals surface area contributed by atoms with Crippen molar-refractivity contribution in [3.8, 4) is 11.5 Å². The van der Waals surface area contributed by atoms with Gasteiger partial charge in [0.05, 0.1) is 0 Å². The summed E-state index contributed by atoms with van der Waals surface area (Å²) in [7, 11) is 0. The molecule has 0 saturated heterocycles. The number of benzene rings is 1. The van der Waals surface area contributed by atoms with Crippen LogP contribution in [0, 0.1) is 0 Å². The van der Waals surface area contributed by atoms with Crippen molar-refractivity contribution in [1.29, 1.82) is 0 Å². The summed E-state index contributed by atoms with van der Waals surface area (Å²) in [6.45, 7) is 1.93. The van der Waals surface area contributed by atoms with Gasteiger partial charge < -0.3 is 30.7 Å². The average molecular weight is 407 g/mol. The Morgan fingerprint density at radius 1 is 0.900 bits per heavy atom. The number of carbonyl (C=O) groups is 1. The molecule has 0 bridgehead atoms. The highest BCUT2D eigenvalue weighted by atomic mass is 16.6. The molecule has 4 N–H and O–H groups in total. The summed E-state index contributed by atoms with van der Waals surface area (Å²) < 4.78 is 11.0. The number of urea groups is 1. The first kappa shape index (κ1) is 19.2. The third kappa shape index (κ3) is 5.25. The predicted octanol–water partition coefficient (Wildman–Crippen LogP) is 2.62. The molecule has 0 fully saturated rings. The first-order valence-electron chi connectivity index (χ1n) is 9.45. The molecule has 3 aromatic rings. The van der Waals surface area contributed by atoms with Crippen LogP contribution in [0.3, 0.4) is 0 Å². The molecule has 3 heterocycles. The largest absolute Gasteiger partial charge is 0.486 e. The average Bonchev–Trinajstić information content (AvgIpc) is 2.78. The lowest BCUT2D eigenvalue weighted by Crippen LogP contribution is -2.32. The van der Waals surface area contributed by atoms with Gasteiger partial charge in [0.1, 0.15) is 37.0 Å². The van der Waals surface area contributed by atoms with Gasteiger partial charge >= 0.3 is 6.03 Å². The number of amides is 2. The Kier molecular flexibility index (Phi) is 6.04. The number of fused-ring (bicyclic) bond motifs is 1. The zero-order valence-electron chi connectivity index (χ0n) is 16.1. The van der Waals surface area contributed by atoms with Gasteiger partial charge in [-0.3, -0.25) is 0 Å². The first-order chi connectivity index (χ1) is 14.8. The van der Waals surface area contributed by atoms with Crippen molar-refractivity contribution in [1.82, 2.24) is 20.3 Å². The van der Waals surface area contributed by atoms with E-state index in [1.165, 1.54) is 6.33 Å². The van der Waals surface area contributed by atoms with Crippen molar-refractivity contribution in [3.63, 3.8) is 0 Å². The summed E-state index contributed by atoms with van der Waals surface area (Å²) >= 11 is 0. The molecular formula is C20H21N7O3. The molecule has 0 aliphatic carbocycles. The van der Waals surface area contributed by atoms with Crippen molar-refractivity contribution in [2.45, 2.75) is 0 Å². The molecule has 30 heavy (non-hydrogen) atoms. The van der Waals surface area contributed by atoms with Gasteiger partial charge in [0.15, 0.2) is 11.5 Å². The van der Waals surface area contributed by atoms with Crippen LogP contribution in [-0.2, 0) is 0 Å². The Morgan fingerprint density at radius 3 is 2.63 bits per heavy atom. The topological polar surface area (TPSA) is 122 Å². The number of carbonyl (C=O) groups excluding carboxylic acids is 1. The molecule has 0 atom stereocenters. The van der Waals surface area contributed by atoms with Crippen LogP contribution in [0.25, 0.3) is 0 Å². The third-order valence-electron chi connectivity index (χ3n) is 4.10. The molecule has 2 aromatic heterocycles. The number of nitrogens with one attached hydrogen (secondary N) is 4. The smallest absolute Gasteiger partial charge is 0.319 e. The van der Waals surface area contributed by atoms with Gasteiger partial charge in [-0.2, -0.15) is 0 Å². The maximum absolute atomic E-state index is 12.1. The van der Waals surface area contributed by atoms with E-state index >= 15 is 0 Å². The first-order valence-corrected chi connectivity index (χ1v) is 9.45. The van der Waals surface area contributed by atoms with Crippen LogP contribution in [-0.4, -0.2) is 47.3 Å². The van der Waals surface area contributed by atoms with Gasteiger partial charge in [0, 0.05) is 37.1 Å². The Bertz CT molecular complexity index is 1000. The van der Waals surface area contributed by atoms with E-state index in [0.29, 0.717) is 60.9 Å². The SMILES string of the molecule is O=C(NCCNc1cc(Nc2ccccn2)ncn1)Nc1ccc2c(c1)OCCO2. The number of hydrogen-bond donors (Lipinski definition) is 4. The van der Waals surface area contributed by atoms with Gasteiger partial charge in [-0.05, 0) is 24.3 Å². The second-order valence-electron chi connectivity index (χ2n) is 6.29. The van der Waals surface area contributed by atoms with E-state index in [0.717, 1.165) is 0 Å². The molecule has 1 aliphatic rings. The number of pyridine rings is 1. The highest BCUT2D eigenvalue weighted by Gasteiger charge is 2.12. The van der Waals surface area contributed by atoms with Gasteiger partial charge in [0.2, 0.25) is 0 Å². The van der Waals surface area contributed by atoms with Crippen LogP contribution in [0.15, 0.2) is 55.0 Å². The maximum Gasteiger partial charge on any atom is 0.319 e. The Hall–Kier alpha value is -4.08. The lowest BCUT2D eigenvalue weighted by molar-refractivity contribution is 0.171. The molecule has 10 nitrogen and oxygen atoms in total. The van der Waals surface area contributed by atoms with E-state index in [1.54, 1.807) is 30.5 Å². The number of hydrogen-bond acceptors (Lipinski definition) is 8. The summed E-state index contributed by atoms with van der Waals surface area (Å²) in [6, 6.07) is 12.3. The van der Waals surface area contributed by atoms with Crippen molar-refractivity contribution in [2.24, 2.45) is 0 Å². The fourth-order valence-corrected chi connectivity index (χ4v) is 2.75. The molecule has 0 radical (unpaired) electrons. The van der Waals surface area contributed by atoms with E-state index < -0.39 is 0 Å². The van der Waals surface area contributed by atoms with Gasteiger partial charge in [-0.25, -0.2) is 19.7 Å². The van der Waals surface area contributed by atoms with Crippen LogP contribution in [0.4, 0.5) is 27.9 Å². The summed E-state index contributed by atoms with van der Waals surface area (Å²) in [5, 5.41) is 11.8. The zero-order valence-corrected chi connectivity index (χ0v) is 16.1. The van der Waals surface area contributed by atoms with Crippen molar-refractivity contribution >= 4 is 29.2 Å². The number of anilines is 4. The van der Waals surface area contributed by atoms with Crippen LogP contribution in [0.1, 0.15) is 0 Å². The molecular weight excluding hydrogens is 386 g/mol. The fraction of sp³-hybridized carbons (Fsp3) is 0.200. The zero-order chi connectivity index (χ0) is 20.6.